The zero-order valence-electron chi connectivity index (χ0n) is 14.6. The van der Waals surface area contributed by atoms with Gasteiger partial charge >= 0.3 is 0 Å². The molecule has 25 heavy (non-hydrogen) atoms. The van der Waals surface area contributed by atoms with E-state index in [1.165, 1.54) is 24.1 Å². The quantitative estimate of drug-likeness (QED) is 0.905. The summed E-state index contributed by atoms with van der Waals surface area (Å²) in [4.78, 5) is 6.56. The summed E-state index contributed by atoms with van der Waals surface area (Å²) >= 11 is 0. The Morgan fingerprint density at radius 3 is 2.68 bits per heavy atom. The summed E-state index contributed by atoms with van der Waals surface area (Å²) in [5, 5.41) is 3.69. The van der Waals surface area contributed by atoms with E-state index in [0.29, 0.717) is 12.8 Å². The van der Waals surface area contributed by atoms with Crippen molar-refractivity contribution in [3.63, 3.8) is 0 Å². The van der Waals surface area contributed by atoms with E-state index in [1.54, 1.807) is 0 Å². The number of hydrogen-bond acceptors (Lipinski definition) is 5. The van der Waals surface area contributed by atoms with Crippen LogP contribution in [0.25, 0.3) is 0 Å². The Bertz CT molecular complexity index is 699. The molecule has 0 saturated carbocycles. The van der Waals surface area contributed by atoms with Crippen LogP contribution in [0.15, 0.2) is 42.7 Å². The lowest BCUT2D eigenvalue weighted by Gasteiger charge is -2.34. The molecule has 1 fully saturated rings. The van der Waals surface area contributed by atoms with Gasteiger partial charge in [-0.3, -0.25) is 4.98 Å². The SMILES string of the molecule is CC(NCC1CCN(c2ccncc2)CC1)c1ccc2c(c1)OCO2. The molecule has 1 aromatic carbocycles. The largest absolute Gasteiger partial charge is 0.454 e. The van der Waals surface area contributed by atoms with Crippen molar-refractivity contribution < 1.29 is 9.47 Å². The first-order chi connectivity index (χ1) is 12.3. The van der Waals surface area contributed by atoms with Crippen LogP contribution in [0.2, 0.25) is 0 Å². The molecule has 1 aromatic heterocycles. The topological polar surface area (TPSA) is 46.6 Å². The first-order valence-corrected chi connectivity index (χ1v) is 9.07. The number of piperidine rings is 1. The normalized spacial score (nSPS) is 18.4. The van der Waals surface area contributed by atoms with E-state index in [2.05, 4.69) is 46.4 Å². The smallest absolute Gasteiger partial charge is 0.231 e. The number of pyridine rings is 1. The third-order valence-electron chi connectivity index (χ3n) is 5.25. The Morgan fingerprint density at radius 1 is 1.12 bits per heavy atom. The Balaban J connectivity index is 1.26. The number of nitrogens with zero attached hydrogens (tertiary/aromatic N) is 2. The lowest BCUT2D eigenvalue weighted by atomic mass is 9.95. The fourth-order valence-corrected chi connectivity index (χ4v) is 3.59. The molecule has 1 N–H and O–H groups in total. The van der Waals surface area contributed by atoms with Crippen molar-refractivity contribution in [2.45, 2.75) is 25.8 Å². The first kappa shape index (κ1) is 16.2. The van der Waals surface area contributed by atoms with Crippen molar-refractivity contribution in [1.82, 2.24) is 10.3 Å². The van der Waals surface area contributed by atoms with Gasteiger partial charge < -0.3 is 19.7 Å². The van der Waals surface area contributed by atoms with Gasteiger partial charge in [0, 0.05) is 37.2 Å². The number of hydrogen-bond donors (Lipinski definition) is 1. The van der Waals surface area contributed by atoms with Gasteiger partial charge in [0.05, 0.1) is 0 Å². The minimum Gasteiger partial charge on any atom is -0.454 e. The van der Waals surface area contributed by atoms with Crippen LogP contribution in [0.4, 0.5) is 5.69 Å². The molecule has 0 amide bonds. The fourth-order valence-electron chi connectivity index (χ4n) is 3.59. The average molecular weight is 339 g/mol. The zero-order valence-corrected chi connectivity index (χ0v) is 14.6. The molecule has 5 nitrogen and oxygen atoms in total. The standard InChI is InChI=1S/C20H25N3O2/c1-15(17-2-3-19-20(12-17)25-14-24-19)22-13-16-6-10-23(11-7-16)18-4-8-21-9-5-18/h2-5,8-9,12,15-16,22H,6-7,10-11,13-14H2,1H3. The molecule has 2 aliphatic rings. The van der Waals surface area contributed by atoms with Gasteiger partial charge in [0.1, 0.15) is 0 Å². The maximum atomic E-state index is 5.48. The highest BCUT2D eigenvalue weighted by Gasteiger charge is 2.21. The van der Waals surface area contributed by atoms with Crippen molar-refractivity contribution in [1.29, 1.82) is 0 Å². The molecule has 1 saturated heterocycles. The Kier molecular flexibility index (Phi) is 4.74. The molecular weight excluding hydrogens is 314 g/mol. The van der Waals surface area contributed by atoms with Crippen LogP contribution < -0.4 is 19.7 Å². The maximum absolute atomic E-state index is 5.48. The second-order valence-electron chi connectivity index (χ2n) is 6.88. The second kappa shape index (κ2) is 7.31. The molecule has 4 rings (SSSR count). The van der Waals surface area contributed by atoms with E-state index in [4.69, 9.17) is 9.47 Å². The van der Waals surface area contributed by atoms with Crippen LogP contribution in [0.5, 0.6) is 11.5 Å². The molecule has 2 aromatic rings. The number of benzene rings is 1. The van der Waals surface area contributed by atoms with Crippen molar-refractivity contribution in [3.05, 3.63) is 48.3 Å². The van der Waals surface area contributed by atoms with E-state index in [-0.39, 0.29) is 0 Å². The summed E-state index contributed by atoms with van der Waals surface area (Å²) in [7, 11) is 0. The third kappa shape index (κ3) is 3.71. The Labute approximate surface area is 149 Å². The predicted molar refractivity (Wildman–Crippen MR) is 98.2 cm³/mol. The van der Waals surface area contributed by atoms with E-state index in [9.17, 15) is 0 Å². The summed E-state index contributed by atoms with van der Waals surface area (Å²) in [5.74, 6) is 2.44. The summed E-state index contributed by atoms with van der Waals surface area (Å²) in [5.41, 5.74) is 2.54. The zero-order chi connectivity index (χ0) is 17.1. The molecule has 3 heterocycles. The lowest BCUT2D eigenvalue weighted by Crippen LogP contribution is -2.37. The van der Waals surface area contributed by atoms with Gasteiger partial charge in [-0.25, -0.2) is 0 Å². The third-order valence-corrected chi connectivity index (χ3v) is 5.25. The van der Waals surface area contributed by atoms with Gasteiger partial charge in [-0.05, 0) is 62.1 Å². The van der Waals surface area contributed by atoms with Crippen molar-refractivity contribution >= 4 is 5.69 Å². The van der Waals surface area contributed by atoms with Gasteiger partial charge in [0.25, 0.3) is 0 Å². The van der Waals surface area contributed by atoms with Gasteiger partial charge in [-0.2, -0.15) is 0 Å². The number of anilines is 1. The van der Waals surface area contributed by atoms with Gasteiger partial charge in [0.15, 0.2) is 11.5 Å². The fraction of sp³-hybridized carbons (Fsp3) is 0.450. The number of ether oxygens (including phenoxy) is 2. The average Bonchev–Trinajstić information content (AvgIpc) is 3.15. The molecule has 0 radical (unpaired) electrons. The van der Waals surface area contributed by atoms with E-state index in [1.807, 2.05) is 18.5 Å². The van der Waals surface area contributed by atoms with E-state index in [0.717, 1.165) is 37.1 Å². The van der Waals surface area contributed by atoms with Crippen LogP contribution in [0, 0.1) is 5.92 Å². The van der Waals surface area contributed by atoms with Gasteiger partial charge in [-0.15, -0.1) is 0 Å². The highest BCUT2D eigenvalue weighted by molar-refractivity contribution is 5.45. The van der Waals surface area contributed by atoms with Crippen LogP contribution >= 0.6 is 0 Å². The number of aromatic nitrogens is 1. The van der Waals surface area contributed by atoms with Crippen molar-refractivity contribution in [2.24, 2.45) is 5.92 Å². The predicted octanol–water partition coefficient (Wildman–Crippen LogP) is 3.38. The maximum Gasteiger partial charge on any atom is 0.231 e. The molecule has 0 aliphatic carbocycles. The second-order valence-corrected chi connectivity index (χ2v) is 6.88. The van der Waals surface area contributed by atoms with E-state index >= 15 is 0 Å². The Morgan fingerprint density at radius 2 is 1.88 bits per heavy atom. The monoisotopic (exact) mass is 339 g/mol. The van der Waals surface area contributed by atoms with Crippen molar-refractivity contribution in [3.8, 4) is 11.5 Å². The van der Waals surface area contributed by atoms with E-state index < -0.39 is 0 Å². The lowest BCUT2D eigenvalue weighted by molar-refractivity contribution is 0.174. The van der Waals surface area contributed by atoms with Crippen LogP contribution in [-0.4, -0.2) is 31.4 Å². The highest BCUT2D eigenvalue weighted by Crippen LogP contribution is 2.34. The van der Waals surface area contributed by atoms with Gasteiger partial charge in [-0.1, -0.05) is 6.07 Å². The number of fused-ring (bicyclic) bond motifs is 1. The summed E-state index contributed by atoms with van der Waals surface area (Å²) in [6.45, 7) is 5.84. The Hall–Kier alpha value is -2.27. The molecule has 1 atom stereocenters. The molecule has 1 unspecified atom stereocenters. The van der Waals surface area contributed by atoms with Crippen LogP contribution in [0.3, 0.4) is 0 Å². The molecule has 2 aliphatic heterocycles. The molecule has 5 heteroatoms. The molecular formula is C20H25N3O2. The molecule has 132 valence electrons. The van der Waals surface area contributed by atoms with Crippen LogP contribution in [-0.2, 0) is 0 Å². The number of nitrogens with one attached hydrogen (secondary N) is 1. The molecule has 0 bridgehead atoms. The van der Waals surface area contributed by atoms with Crippen LogP contribution in [0.1, 0.15) is 31.4 Å². The number of rotatable bonds is 5. The first-order valence-electron chi connectivity index (χ1n) is 9.07. The van der Waals surface area contributed by atoms with Crippen molar-refractivity contribution in [2.75, 3.05) is 31.3 Å². The summed E-state index contributed by atoms with van der Waals surface area (Å²) < 4.78 is 10.9. The minimum absolute atomic E-state index is 0.313. The summed E-state index contributed by atoms with van der Waals surface area (Å²) in [6, 6.07) is 10.7. The van der Waals surface area contributed by atoms with Gasteiger partial charge in [0.2, 0.25) is 6.79 Å². The minimum atomic E-state index is 0.313. The summed E-state index contributed by atoms with van der Waals surface area (Å²) in [6.07, 6.45) is 6.19. The highest BCUT2D eigenvalue weighted by atomic mass is 16.7. The molecule has 0 spiro atoms.